The van der Waals surface area contributed by atoms with Gasteiger partial charge in [0.2, 0.25) is 0 Å². The molecule has 0 fully saturated rings. The molecular weight excluding hydrogens is 236 g/mol. The van der Waals surface area contributed by atoms with Crippen molar-refractivity contribution in [2.24, 2.45) is 0 Å². The van der Waals surface area contributed by atoms with Crippen LogP contribution in [0.3, 0.4) is 0 Å². The molecule has 17 heavy (non-hydrogen) atoms. The number of hydrogen-bond acceptors (Lipinski definition) is 4. The van der Waals surface area contributed by atoms with Gasteiger partial charge in [-0.1, -0.05) is 6.92 Å². The molecule has 1 aromatic heterocycles. The van der Waals surface area contributed by atoms with Gasteiger partial charge in [0.1, 0.15) is 0 Å². The number of thiophene rings is 1. The van der Waals surface area contributed by atoms with Crippen LogP contribution in [0, 0.1) is 6.92 Å². The lowest BCUT2D eigenvalue weighted by Gasteiger charge is -2.28. The van der Waals surface area contributed by atoms with Gasteiger partial charge in [0.05, 0.1) is 4.88 Å². The highest BCUT2D eigenvalue weighted by Crippen LogP contribution is 2.24. The molecule has 1 heterocycles. The number of aryl methyl sites for hydroxylation is 1. The molecule has 1 aromatic rings. The van der Waals surface area contributed by atoms with E-state index in [1.54, 1.807) is 6.07 Å². The van der Waals surface area contributed by atoms with E-state index in [0.717, 1.165) is 11.3 Å². The molecule has 4 nitrogen and oxygen atoms in total. The van der Waals surface area contributed by atoms with Gasteiger partial charge in [-0.15, -0.1) is 11.3 Å². The van der Waals surface area contributed by atoms with Gasteiger partial charge in [-0.3, -0.25) is 4.79 Å². The maximum atomic E-state index is 12.0. The van der Waals surface area contributed by atoms with Gasteiger partial charge in [0.15, 0.2) is 0 Å². The number of amides is 1. The summed E-state index contributed by atoms with van der Waals surface area (Å²) in [6, 6.07) is 1.70. The van der Waals surface area contributed by atoms with E-state index in [1.165, 1.54) is 11.3 Å². The highest BCUT2D eigenvalue weighted by Gasteiger charge is 2.25. The van der Waals surface area contributed by atoms with Crippen LogP contribution >= 0.6 is 11.3 Å². The fourth-order valence-electron chi connectivity index (χ4n) is 1.52. The van der Waals surface area contributed by atoms with Crippen LogP contribution in [-0.2, 0) is 0 Å². The standard InChI is InChI=1S/C12H20N2O2S/c1-4-12(3,5-6-15)14-11(16)10-7-9(13)8(2)17-10/h7,15H,4-6,13H2,1-3H3,(H,14,16). The van der Waals surface area contributed by atoms with Crippen LogP contribution in [0.5, 0.6) is 0 Å². The molecule has 1 atom stereocenters. The zero-order valence-electron chi connectivity index (χ0n) is 10.5. The Morgan fingerprint density at radius 3 is 2.71 bits per heavy atom. The van der Waals surface area contributed by atoms with Crippen molar-refractivity contribution in [3.8, 4) is 0 Å². The normalized spacial score (nSPS) is 14.4. The second-order valence-corrected chi connectivity index (χ2v) is 5.72. The van der Waals surface area contributed by atoms with Gasteiger partial charge in [-0.2, -0.15) is 0 Å². The van der Waals surface area contributed by atoms with Crippen molar-refractivity contribution < 1.29 is 9.90 Å². The Balaban J connectivity index is 2.77. The van der Waals surface area contributed by atoms with Gasteiger partial charge < -0.3 is 16.2 Å². The lowest BCUT2D eigenvalue weighted by molar-refractivity contribution is 0.0890. The van der Waals surface area contributed by atoms with Gasteiger partial charge >= 0.3 is 0 Å². The predicted molar refractivity (Wildman–Crippen MR) is 71.3 cm³/mol. The number of anilines is 1. The number of hydrogen-bond donors (Lipinski definition) is 3. The number of carbonyl (C=O) groups excluding carboxylic acids is 1. The van der Waals surface area contributed by atoms with Crippen LogP contribution in [0.1, 0.15) is 41.2 Å². The summed E-state index contributed by atoms with van der Waals surface area (Å²) >= 11 is 1.39. The van der Waals surface area contributed by atoms with E-state index in [2.05, 4.69) is 5.32 Å². The Bertz CT molecular complexity index is 384. The Labute approximate surface area is 106 Å². The molecule has 0 bridgehead atoms. The molecule has 0 aromatic carbocycles. The highest BCUT2D eigenvalue weighted by atomic mass is 32.1. The molecule has 1 amide bonds. The summed E-state index contributed by atoms with van der Waals surface area (Å²) in [5, 5.41) is 12.0. The topological polar surface area (TPSA) is 75.3 Å². The molecule has 0 spiro atoms. The largest absolute Gasteiger partial charge is 0.398 e. The smallest absolute Gasteiger partial charge is 0.261 e. The van der Waals surface area contributed by atoms with Crippen molar-refractivity contribution in [2.75, 3.05) is 12.3 Å². The Morgan fingerprint density at radius 2 is 2.29 bits per heavy atom. The van der Waals surface area contributed by atoms with Crippen LogP contribution in [0.25, 0.3) is 0 Å². The van der Waals surface area contributed by atoms with Gasteiger partial charge in [-0.25, -0.2) is 0 Å². The summed E-state index contributed by atoms with van der Waals surface area (Å²) in [6.45, 7) is 5.88. The molecule has 0 aliphatic carbocycles. The van der Waals surface area contributed by atoms with E-state index in [9.17, 15) is 4.79 Å². The molecular formula is C12H20N2O2S. The minimum atomic E-state index is -0.363. The summed E-state index contributed by atoms with van der Waals surface area (Å²) in [7, 11) is 0. The third-order valence-electron chi connectivity index (χ3n) is 3.04. The van der Waals surface area contributed by atoms with Crippen molar-refractivity contribution in [3.63, 3.8) is 0 Å². The number of aliphatic hydroxyl groups excluding tert-OH is 1. The summed E-state index contributed by atoms with van der Waals surface area (Å²) in [6.07, 6.45) is 1.33. The predicted octanol–water partition coefficient (Wildman–Crippen LogP) is 1.92. The minimum absolute atomic E-state index is 0.0657. The molecule has 0 aliphatic rings. The fraction of sp³-hybridized carbons (Fsp3) is 0.583. The summed E-state index contributed by atoms with van der Waals surface area (Å²) in [5.74, 6) is -0.118. The van der Waals surface area contributed by atoms with Crippen molar-refractivity contribution in [1.29, 1.82) is 0 Å². The molecule has 1 rings (SSSR count). The second-order valence-electron chi connectivity index (χ2n) is 4.46. The molecule has 1 unspecified atom stereocenters. The third-order valence-corrected chi connectivity index (χ3v) is 4.10. The van der Waals surface area contributed by atoms with E-state index >= 15 is 0 Å². The van der Waals surface area contributed by atoms with Gasteiger partial charge in [-0.05, 0) is 32.8 Å². The van der Waals surface area contributed by atoms with Crippen molar-refractivity contribution in [2.45, 2.75) is 39.2 Å². The molecule has 0 saturated heterocycles. The quantitative estimate of drug-likeness (QED) is 0.753. The van der Waals surface area contributed by atoms with Gasteiger partial charge in [0, 0.05) is 22.7 Å². The fourth-order valence-corrected chi connectivity index (χ4v) is 2.35. The first kappa shape index (κ1) is 14.0. The SMILES string of the molecule is CCC(C)(CCO)NC(=O)c1cc(N)c(C)s1. The maximum Gasteiger partial charge on any atom is 0.261 e. The molecule has 0 saturated carbocycles. The van der Waals surface area contributed by atoms with Crippen molar-refractivity contribution >= 4 is 22.9 Å². The number of carbonyl (C=O) groups is 1. The first-order valence-corrected chi connectivity index (χ1v) is 6.53. The lowest BCUT2D eigenvalue weighted by atomic mass is 9.95. The second kappa shape index (κ2) is 5.51. The van der Waals surface area contributed by atoms with Crippen molar-refractivity contribution in [3.05, 3.63) is 15.8 Å². The van der Waals surface area contributed by atoms with E-state index < -0.39 is 0 Å². The molecule has 96 valence electrons. The minimum Gasteiger partial charge on any atom is -0.398 e. The number of aliphatic hydroxyl groups is 1. The summed E-state index contributed by atoms with van der Waals surface area (Å²) < 4.78 is 0. The monoisotopic (exact) mass is 256 g/mol. The highest BCUT2D eigenvalue weighted by molar-refractivity contribution is 7.14. The molecule has 0 aliphatic heterocycles. The first-order chi connectivity index (χ1) is 7.91. The van der Waals surface area contributed by atoms with Crippen LogP contribution in [-0.4, -0.2) is 23.2 Å². The first-order valence-electron chi connectivity index (χ1n) is 5.71. The van der Waals surface area contributed by atoms with Crippen molar-refractivity contribution in [1.82, 2.24) is 5.32 Å². The van der Waals surface area contributed by atoms with E-state index in [-0.39, 0.29) is 18.1 Å². The van der Waals surface area contributed by atoms with Crippen LogP contribution in [0.15, 0.2) is 6.07 Å². The number of nitrogens with one attached hydrogen (secondary N) is 1. The Morgan fingerprint density at radius 1 is 1.65 bits per heavy atom. The summed E-state index contributed by atoms with van der Waals surface area (Å²) in [4.78, 5) is 13.6. The number of nitrogen functional groups attached to an aromatic ring is 1. The number of rotatable bonds is 5. The molecule has 4 N–H and O–H groups in total. The molecule has 0 radical (unpaired) electrons. The van der Waals surface area contributed by atoms with E-state index in [4.69, 9.17) is 10.8 Å². The van der Waals surface area contributed by atoms with Crippen LogP contribution < -0.4 is 11.1 Å². The number of nitrogens with two attached hydrogens (primary N) is 1. The average Bonchev–Trinajstić information content (AvgIpc) is 2.60. The third kappa shape index (κ3) is 3.44. The molecule has 5 heteroatoms. The van der Waals surface area contributed by atoms with E-state index in [0.29, 0.717) is 17.0 Å². The lowest BCUT2D eigenvalue weighted by Crippen LogP contribution is -2.45. The van der Waals surface area contributed by atoms with Gasteiger partial charge in [0.25, 0.3) is 5.91 Å². The van der Waals surface area contributed by atoms with Crippen LogP contribution in [0.4, 0.5) is 5.69 Å². The Hall–Kier alpha value is -1.07. The maximum absolute atomic E-state index is 12.0. The Kier molecular flexibility index (Phi) is 4.54. The summed E-state index contributed by atoms with van der Waals surface area (Å²) in [5.41, 5.74) is 6.01. The van der Waals surface area contributed by atoms with Crippen LogP contribution in [0.2, 0.25) is 0 Å². The van der Waals surface area contributed by atoms with E-state index in [1.807, 2.05) is 20.8 Å². The zero-order chi connectivity index (χ0) is 13.1. The zero-order valence-corrected chi connectivity index (χ0v) is 11.4. The average molecular weight is 256 g/mol.